The maximum Gasteiger partial charge on any atom is 0.260 e. The summed E-state index contributed by atoms with van der Waals surface area (Å²) in [5, 5.41) is 1.87. The van der Waals surface area contributed by atoms with Crippen LogP contribution in [0.5, 0.6) is 0 Å². The Bertz CT molecular complexity index is 598. The van der Waals surface area contributed by atoms with Gasteiger partial charge in [-0.25, -0.2) is 23.1 Å². The van der Waals surface area contributed by atoms with Crippen molar-refractivity contribution in [2.45, 2.75) is 11.4 Å². The van der Waals surface area contributed by atoms with Gasteiger partial charge in [0, 0.05) is 25.4 Å². The molecule has 0 fully saturated rings. The smallest absolute Gasteiger partial charge is 0.260 e. The molecule has 3 N–H and O–H groups in total. The molecule has 0 radical (unpaired) electrons. The summed E-state index contributed by atoms with van der Waals surface area (Å²) in [4.78, 5) is 7.83. The number of aromatic nitrogens is 3. The van der Waals surface area contributed by atoms with Crippen LogP contribution in [0.4, 0.5) is 5.82 Å². The molecule has 0 unspecified atom stereocenters. The van der Waals surface area contributed by atoms with Crippen LogP contribution in [-0.4, -0.2) is 29.5 Å². The first kappa shape index (κ1) is 13.0. The minimum Gasteiger partial charge on any atom is -0.381 e. The monoisotopic (exact) mass is 287 g/mol. The van der Waals surface area contributed by atoms with Crippen LogP contribution in [0.2, 0.25) is 0 Å². The van der Waals surface area contributed by atoms with E-state index in [2.05, 4.69) is 14.7 Å². The van der Waals surface area contributed by atoms with Gasteiger partial charge in [-0.3, -0.25) is 0 Å². The van der Waals surface area contributed by atoms with E-state index in [1.807, 2.05) is 5.38 Å². The molecule has 0 aliphatic rings. The predicted molar refractivity (Wildman–Crippen MR) is 68.6 cm³/mol. The molecule has 0 saturated heterocycles. The molecule has 2 aromatic heterocycles. The van der Waals surface area contributed by atoms with Crippen LogP contribution in [0.15, 0.2) is 22.2 Å². The molecule has 0 atom stereocenters. The average molecular weight is 287 g/mol. The fourth-order valence-corrected chi connectivity index (χ4v) is 3.36. The summed E-state index contributed by atoms with van der Waals surface area (Å²) >= 11 is 1.48. The molecule has 2 aromatic rings. The van der Waals surface area contributed by atoms with Crippen molar-refractivity contribution in [1.82, 2.24) is 19.3 Å². The van der Waals surface area contributed by atoms with E-state index < -0.39 is 10.0 Å². The SMILES string of the molecule is Cn1cnc(N)c1S(=O)(=O)NCCc1cscn1. The summed E-state index contributed by atoms with van der Waals surface area (Å²) in [7, 11) is -2.05. The van der Waals surface area contributed by atoms with Crippen LogP contribution in [0.25, 0.3) is 0 Å². The van der Waals surface area contributed by atoms with E-state index in [0.29, 0.717) is 6.42 Å². The lowest BCUT2D eigenvalue weighted by molar-refractivity contribution is 0.572. The molecular formula is C9H13N5O2S2. The van der Waals surface area contributed by atoms with Crippen molar-refractivity contribution in [3.63, 3.8) is 0 Å². The Morgan fingerprint density at radius 2 is 2.28 bits per heavy atom. The number of imidazole rings is 1. The normalized spacial score (nSPS) is 11.8. The maximum absolute atomic E-state index is 12.0. The molecule has 0 saturated carbocycles. The Hall–Kier alpha value is -1.45. The van der Waals surface area contributed by atoms with Crippen molar-refractivity contribution >= 4 is 27.2 Å². The lowest BCUT2D eigenvalue weighted by Gasteiger charge is -2.06. The summed E-state index contributed by atoms with van der Waals surface area (Å²) in [6, 6.07) is 0. The first-order valence-corrected chi connectivity index (χ1v) is 7.57. The van der Waals surface area contributed by atoms with Crippen molar-refractivity contribution in [3.05, 3.63) is 22.9 Å². The van der Waals surface area contributed by atoms with Gasteiger partial charge in [-0.2, -0.15) is 0 Å². The predicted octanol–water partition coefficient (Wildman–Crippen LogP) is -0.0202. The van der Waals surface area contributed by atoms with Crippen molar-refractivity contribution < 1.29 is 8.42 Å². The zero-order valence-corrected chi connectivity index (χ0v) is 11.3. The number of nitrogens with one attached hydrogen (secondary N) is 1. The van der Waals surface area contributed by atoms with E-state index in [4.69, 9.17) is 5.73 Å². The number of nitrogens with zero attached hydrogens (tertiary/aromatic N) is 3. The highest BCUT2D eigenvalue weighted by Gasteiger charge is 2.21. The molecule has 18 heavy (non-hydrogen) atoms. The Labute approximate surface area is 109 Å². The van der Waals surface area contributed by atoms with Crippen LogP contribution in [0, 0.1) is 0 Å². The number of anilines is 1. The highest BCUT2D eigenvalue weighted by atomic mass is 32.2. The molecule has 0 amide bonds. The highest BCUT2D eigenvalue weighted by Crippen LogP contribution is 2.14. The highest BCUT2D eigenvalue weighted by molar-refractivity contribution is 7.89. The van der Waals surface area contributed by atoms with Gasteiger partial charge in [0.25, 0.3) is 10.0 Å². The van der Waals surface area contributed by atoms with Gasteiger partial charge in [-0.1, -0.05) is 0 Å². The number of sulfonamides is 1. The van der Waals surface area contributed by atoms with Gasteiger partial charge in [0.15, 0.2) is 10.8 Å². The third kappa shape index (κ3) is 2.68. The molecule has 0 aliphatic heterocycles. The third-order valence-corrected chi connectivity index (χ3v) is 4.55. The average Bonchev–Trinajstić information content (AvgIpc) is 2.89. The fourth-order valence-electron chi connectivity index (χ4n) is 1.51. The fraction of sp³-hybridized carbons (Fsp3) is 0.333. The van der Waals surface area contributed by atoms with Crippen molar-refractivity contribution in [1.29, 1.82) is 0 Å². The van der Waals surface area contributed by atoms with Crippen molar-refractivity contribution in [3.8, 4) is 0 Å². The lowest BCUT2D eigenvalue weighted by atomic mass is 10.3. The molecule has 98 valence electrons. The number of aryl methyl sites for hydroxylation is 1. The van der Waals surface area contributed by atoms with Gasteiger partial charge in [-0.05, 0) is 0 Å². The summed E-state index contributed by atoms with van der Waals surface area (Å²) in [6.07, 6.45) is 1.91. The topological polar surface area (TPSA) is 103 Å². The summed E-state index contributed by atoms with van der Waals surface area (Å²) in [5.41, 5.74) is 8.11. The first-order valence-electron chi connectivity index (χ1n) is 5.14. The molecular weight excluding hydrogens is 274 g/mol. The van der Waals surface area contributed by atoms with Crippen LogP contribution < -0.4 is 10.5 Å². The van der Waals surface area contributed by atoms with E-state index in [-0.39, 0.29) is 17.4 Å². The van der Waals surface area contributed by atoms with Crippen molar-refractivity contribution in [2.24, 2.45) is 7.05 Å². The van der Waals surface area contributed by atoms with E-state index in [1.54, 1.807) is 12.6 Å². The largest absolute Gasteiger partial charge is 0.381 e. The maximum atomic E-state index is 12.0. The van der Waals surface area contributed by atoms with Crippen LogP contribution in [0.3, 0.4) is 0 Å². The van der Waals surface area contributed by atoms with Crippen LogP contribution in [0.1, 0.15) is 5.69 Å². The zero-order valence-electron chi connectivity index (χ0n) is 9.70. The quantitative estimate of drug-likeness (QED) is 0.804. The Kier molecular flexibility index (Phi) is 3.64. The number of nitrogens with two attached hydrogens (primary N) is 1. The molecule has 0 aliphatic carbocycles. The van der Waals surface area contributed by atoms with E-state index in [1.165, 1.54) is 22.2 Å². The van der Waals surface area contributed by atoms with Crippen molar-refractivity contribution in [2.75, 3.05) is 12.3 Å². The lowest BCUT2D eigenvalue weighted by Crippen LogP contribution is -2.28. The third-order valence-electron chi connectivity index (χ3n) is 2.32. The molecule has 0 spiro atoms. The van der Waals surface area contributed by atoms with Gasteiger partial charge >= 0.3 is 0 Å². The van der Waals surface area contributed by atoms with Gasteiger partial charge < -0.3 is 10.3 Å². The van der Waals surface area contributed by atoms with E-state index in [9.17, 15) is 8.42 Å². The van der Waals surface area contributed by atoms with Gasteiger partial charge in [0.2, 0.25) is 0 Å². The number of hydrogen-bond acceptors (Lipinski definition) is 6. The Morgan fingerprint density at radius 1 is 1.50 bits per heavy atom. The summed E-state index contributed by atoms with van der Waals surface area (Å²) in [6.45, 7) is 0.274. The summed E-state index contributed by atoms with van der Waals surface area (Å²) < 4.78 is 27.8. The van der Waals surface area contributed by atoms with Gasteiger partial charge in [0.05, 0.1) is 17.5 Å². The second kappa shape index (κ2) is 5.04. The Balaban J connectivity index is 2.04. The Morgan fingerprint density at radius 3 is 2.83 bits per heavy atom. The molecule has 2 rings (SSSR count). The molecule has 0 bridgehead atoms. The zero-order chi connectivity index (χ0) is 13.2. The number of nitrogen functional groups attached to an aromatic ring is 1. The summed E-state index contributed by atoms with van der Waals surface area (Å²) in [5.74, 6) is -0.00124. The minimum atomic E-state index is -3.63. The molecule has 7 nitrogen and oxygen atoms in total. The van der Waals surface area contributed by atoms with E-state index in [0.717, 1.165) is 5.69 Å². The number of hydrogen-bond donors (Lipinski definition) is 2. The standard InChI is InChI=1S/C9H13N5O2S2/c1-14-5-11-8(10)9(14)18(15,16)13-3-2-7-4-17-6-12-7/h4-6,13H,2-3,10H2,1H3. The van der Waals surface area contributed by atoms with Gasteiger partial charge in [-0.15, -0.1) is 11.3 Å². The minimum absolute atomic E-state index is 0.00124. The van der Waals surface area contributed by atoms with Crippen LogP contribution >= 0.6 is 11.3 Å². The second-order valence-electron chi connectivity index (χ2n) is 3.67. The number of thiazole rings is 1. The first-order chi connectivity index (χ1) is 8.50. The van der Waals surface area contributed by atoms with Gasteiger partial charge in [0.1, 0.15) is 0 Å². The van der Waals surface area contributed by atoms with Crippen LogP contribution in [-0.2, 0) is 23.5 Å². The second-order valence-corrected chi connectivity index (χ2v) is 6.07. The van der Waals surface area contributed by atoms with E-state index >= 15 is 0 Å². The molecule has 0 aromatic carbocycles. The number of rotatable bonds is 5. The molecule has 2 heterocycles. The molecule has 9 heteroatoms.